The Kier molecular flexibility index (Phi) is 7.29. The predicted molar refractivity (Wildman–Crippen MR) is 118 cm³/mol. The van der Waals surface area contributed by atoms with Crippen LogP contribution in [0.2, 0.25) is 0 Å². The van der Waals surface area contributed by atoms with Gasteiger partial charge in [0.05, 0.1) is 17.6 Å². The maximum Gasteiger partial charge on any atom is 0.338 e. The van der Waals surface area contributed by atoms with Gasteiger partial charge in [0.15, 0.2) is 6.10 Å². The largest absolute Gasteiger partial charge is 0.495 e. The van der Waals surface area contributed by atoms with E-state index in [2.05, 4.69) is 5.32 Å². The number of carbonyl (C=O) groups excluding carboxylic acids is 2. The molecule has 0 radical (unpaired) electrons. The molecule has 2 aromatic rings. The minimum absolute atomic E-state index is 0.0661. The van der Waals surface area contributed by atoms with Gasteiger partial charge in [-0.3, -0.25) is 14.9 Å². The summed E-state index contributed by atoms with van der Waals surface area (Å²) in [5.41, 5.74) is -0.105. The molecule has 0 bridgehead atoms. The minimum atomic E-state index is -3.87. The van der Waals surface area contributed by atoms with Crippen molar-refractivity contribution in [3.8, 4) is 5.75 Å². The van der Waals surface area contributed by atoms with Crippen molar-refractivity contribution < 1.29 is 32.4 Å². The number of non-ortho nitro benzene ring substituents is 1. The Morgan fingerprint density at radius 2 is 1.85 bits per heavy atom. The molecule has 0 spiro atoms. The summed E-state index contributed by atoms with van der Waals surface area (Å²) in [5.74, 6) is -1.52. The zero-order valence-electron chi connectivity index (χ0n) is 18.0. The lowest BCUT2D eigenvalue weighted by Gasteiger charge is -2.18. The molecule has 0 aliphatic carbocycles. The number of nitrogens with one attached hydrogen (secondary N) is 1. The number of benzene rings is 2. The third-order valence-electron chi connectivity index (χ3n) is 5.06. The zero-order chi connectivity index (χ0) is 24.2. The summed E-state index contributed by atoms with van der Waals surface area (Å²) in [6.45, 7) is 2.10. The first kappa shape index (κ1) is 24.1. The first-order valence-corrected chi connectivity index (χ1v) is 11.5. The summed E-state index contributed by atoms with van der Waals surface area (Å²) < 4.78 is 37.6. The molecule has 1 aliphatic rings. The van der Waals surface area contributed by atoms with Crippen LogP contribution in [0.25, 0.3) is 0 Å². The van der Waals surface area contributed by atoms with E-state index in [1.165, 1.54) is 60.8 Å². The molecule has 1 atom stereocenters. The molecule has 2 aromatic carbocycles. The first-order valence-electron chi connectivity index (χ1n) is 10.1. The van der Waals surface area contributed by atoms with E-state index in [0.717, 1.165) is 12.8 Å². The molecule has 0 aromatic heterocycles. The Bertz CT molecular complexity index is 1180. The summed E-state index contributed by atoms with van der Waals surface area (Å²) in [6.07, 6.45) is 0.249. The van der Waals surface area contributed by atoms with E-state index in [9.17, 15) is 28.1 Å². The fourth-order valence-corrected chi connectivity index (χ4v) is 4.99. The smallest absolute Gasteiger partial charge is 0.338 e. The van der Waals surface area contributed by atoms with Crippen LogP contribution in [0, 0.1) is 10.1 Å². The highest BCUT2D eigenvalue weighted by Crippen LogP contribution is 2.30. The highest BCUT2D eigenvalue weighted by molar-refractivity contribution is 7.89. The number of hydrogen-bond donors (Lipinski definition) is 1. The number of nitrogens with zero attached hydrogens (tertiary/aromatic N) is 2. The molecule has 33 heavy (non-hydrogen) atoms. The summed E-state index contributed by atoms with van der Waals surface area (Å²) in [7, 11) is -2.54. The SMILES string of the molecule is COc1ccc(C(=O)OC(C)C(=O)Nc2cccc([N+](=O)[O-])c2)cc1S(=O)(=O)N1CCCC1. The van der Waals surface area contributed by atoms with E-state index in [1.807, 2.05) is 0 Å². The van der Waals surface area contributed by atoms with Gasteiger partial charge in [-0.15, -0.1) is 0 Å². The Hall–Kier alpha value is -3.51. The average molecular weight is 477 g/mol. The second kappa shape index (κ2) is 9.96. The number of anilines is 1. The van der Waals surface area contributed by atoms with Crippen LogP contribution in [0.3, 0.4) is 0 Å². The van der Waals surface area contributed by atoms with Gasteiger partial charge in [0.1, 0.15) is 10.6 Å². The van der Waals surface area contributed by atoms with Crippen molar-refractivity contribution in [2.75, 3.05) is 25.5 Å². The second-order valence-electron chi connectivity index (χ2n) is 7.32. The fourth-order valence-electron chi connectivity index (χ4n) is 3.30. The Morgan fingerprint density at radius 3 is 2.48 bits per heavy atom. The highest BCUT2D eigenvalue weighted by atomic mass is 32.2. The van der Waals surface area contributed by atoms with Gasteiger partial charge in [0.25, 0.3) is 11.6 Å². The van der Waals surface area contributed by atoms with Gasteiger partial charge in [-0.2, -0.15) is 4.31 Å². The van der Waals surface area contributed by atoms with Crippen molar-refractivity contribution in [1.82, 2.24) is 4.31 Å². The van der Waals surface area contributed by atoms with E-state index in [-0.39, 0.29) is 27.6 Å². The van der Waals surface area contributed by atoms with Crippen LogP contribution in [0.4, 0.5) is 11.4 Å². The number of rotatable bonds is 8. The lowest BCUT2D eigenvalue weighted by Crippen LogP contribution is -2.30. The van der Waals surface area contributed by atoms with Gasteiger partial charge in [-0.25, -0.2) is 13.2 Å². The summed E-state index contributed by atoms with van der Waals surface area (Å²) in [6, 6.07) is 9.17. The number of sulfonamides is 1. The fraction of sp³-hybridized carbons (Fsp3) is 0.333. The van der Waals surface area contributed by atoms with E-state index >= 15 is 0 Å². The Balaban J connectivity index is 1.75. The summed E-state index contributed by atoms with van der Waals surface area (Å²) in [4.78, 5) is 35.1. The van der Waals surface area contributed by atoms with Crippen molar-refractivity contribution in [2.24, 2.45) is 0 Å². The second-order valence-corrected chi connectivity index (χ2v) is 9.23. The normalized spacial score (nSPS) is 15.0. The third-order valence-corrected chi connectivity index (χ3v) is 6.98. The molecule has 12 heteroatoms. The van der Waals surface area contributed by atoms with Crippen molar-refractivity contribution in [2.45, 2.75) is 30.8 Å². The molecule has 1 aliphatic heterocycles. The number of amides is 1. The van der Waals surface area contributed by atoms with E-state index < -0.39 is 32.9 Å². The van der Waals surface area contributed by atoms with Crippen LogP contribution < -0.4 is 10.1 Å². The molecular formula is C21H23N3O8S. The van der Waals surface area contributed by atoms with E-state index in [4.69, 9.17) is 9.47 Å². The van der Waals surface area contributed by atoms with E-state index in [1.54, 1.807) is 0 Å². The Labute approximate surface area is 190 Å². The molecule has 1 amide bonds. The van der Waals surface area contributed by atoms with Gasteiger partial charge in [-0.1, -0.05) is 6.07 Å². The van der Waals surface area contributed by atoms with Gasteiger partial charge in [0.2, 0.25) is 10.0 Å². The monoisotopic (exact) mass is 477 g/mol. The van der Waals surface area contributed by atoms with Crippen LogP contribution >= 0.6 is 0 Å². The van der Waals surface area contributed by atoms with Crippen LogP contribution in [0.5, 0.6) is 5.75 Å². The zero-order valence-corrected chi connectivity index (χ0v) is 18.8. The predicted octanol–water partition coefficient (Wildman–Crippen LogP) is 2.57. The number of ether oxygens (including phenoxy) is 2. The molecule has 176 valence electrons. The Morgan fingerprint density at radius 1 is 1.15 bits per heavy atom. The lowest BCUT2D eigenvalue weighted by molar-refractivity contribution is -0.384. The molecule has 1 N–H and O–H groups in total. The topological polar surface area (TPSA) is 145 Å². The quantitative estimate of drug-likeness (QED) is 0.347. The molecule has 1 saturated heterocycles. The van der Waals surface area contributed by atoms with Crippen LogP contribution in [0.1, 0.15) is 30.1 Å². The average Bonchev–Trinajstić information content (AvgIpc) is 3.34. The standard InChI is InChI=1S/C21H23N3O8S/c1-14(20(25)22-16-6-5-7-17(13-16)24(27)28)32-21(26)15-8-9-18(31-2)19(12-15)33(29,30)23-10-3-4-11-23/h5-9,12-14H,3-4,10-11H2,1-2H3,(H,22,25). The first-order chi connectivity index (χ1) is 15.6. The maximum absolute atomic E-state index is 13.0. The van der Waals surface area contributed by atoms with Crippen LogP contribution in [0.15, 0.2) is 47.4 Å². The maximum atomic E-state index is 13.0. The number of nitro groups is 1. The molecule has 1 fully saturated rings. The number of nitro benzene ring substituents is 1. The molecule has 0 saturated carbocycles. The van der Waals surface area contributed by atoms with Crippen molar-refractivity contribution in [3.05, 3.63) is 58.1 Å². The molecule has 1 heterocycles. The third kappa shape index (κ3) is 5.46. The minimum Gasteiger partial charge on any atom is -0.495 e. The number of hydrogen-bond acceptors (Lipinski definition) is 8. The van der Waals surface area contributed by atoms with E-state index in [0.29, 0.717) is 13.1 Å². The number of carbonyl (C=O) groups is 2. The van der Waals surface area contributed by atoms with Crippen LogP contribution in [-0.2, 0) is 19.6 Å². The van der Waals surface area contributed by atoms with Crippen LogP contribution in [-0.4, -0.2) is 55.8 Å². The number of methoxy groups -OCH3 is 1. The number of esters is 1. The van der Waals surface area contributed by atoms with Crippen molar-refractivity contribution in [3.63, 3.8) is 0 Å². The molecule has 1 unspecified atom stereocenters. The van der Waals surface area contributed by atoms with Gasteiger partial charge in [-0.05, 0) is 44.0 Å². The summed E-state index contributed by atoms with van der Waals surface area (Å²) in [5, 5.41) is 13.3. The van der Waals surface area contributed by atoms with Gasteiger partial charge in [0, 0.05) is 30.9 Å². The molecule has 11 nitrogen and oxygen atoms in total. The summed E-state index contributed by atoms with van der Waals surface area (Å²) >= 11 is 0. The van der Waals surface area contributed by atoms with Crippen molar-refractivity contribution >= 4 is 33.3 Å². The van der Waals surface area contributed by atoms with Gasteiger partial charge >= 0.3 is 5.97 Å². The lowest BCUT2D eigenvalue weighted by atomic mass is 10.2. The molecular weight excluding hydrogens is 454 g/mol. The molecule has 3 rings (SSSR count). The van der Waals surface area contributed by atoms with Crippen molar-refractivity contribution in [1.29, 1.82) is 0 Å². The highest BCUT2D eigenvalue weighted by Gasteiger charge is 2.31. The van der Waals surface area contributed by atoms with Gasteiger partial charge < -0.3 is 14.8 Å².